The van der Waals surface area contributed by atoms with E-state index in [0.717, 1.165) is 5.56 Å². The number of amides is 1. The van der Waals surface area contributed by atoms with E-state index in [-0.39, 0.29) is 26.9 Å². The largest absolute Gasteiger partial charge is 0.507 e. The summed E-state index contributed by atoms with van der Waals surface area (Å²) in [5.74, 6) is -0.842. The molecule has 1 unspecified atom stereocenters. The highest BCUT2D eigenvalue weighted by molar-refractivity contribution is 6.51. The Bertz CT molecular complexity index is 1360. The minimum Gasteiger partial charge on any atom is -0.507 e. The topological polar surface area (TPSA) is 76.1 Å². The molecule has 1 aliphatic heterocycles. The maximum atomic E-state index is 13.4. The third-order valence-corrected chi connectivity index (χ3v) is 6.80. The number of Topliss-reactive ketones (excluding diaryl/α,β-unsaturated/α-hetero) is 1. The Morgan fingerprint density at radius 3 is 2.24 bits per heavy atom. The van der Waals surface area contributed by atoms with Crippen LogP contribution in [0.15, 0.2) is 66.2 Å². The first-order valence-corrected chi connectivity index (χ1v) is 12.6. The van der Waals surface area contributed by atoms with Gasteiger partial charge < -0.3 is 14.6 Å². The van der Waals surface area contributed by atoms with Gasteiger partial charge in [0.05, 0.1) is 35.4 Å². The molecule has 4 rings (SSSR count). The van der Waals surface area contributed by atoms with Crippen molar-refractivity contribution in [2.24, 2.45) is 0 Å². The van der Waals surface area contributed by atoms with Gasteiger partial charge in [-0.1, -0.05) is 61.3 Å². The number of benzene rings is 3. The van der Waals surface area contributed by atoms with Crippen molar-refractivity contribution in [3.05, 3.63) is 93.0 Å². The van der Waals surface area contributed by atoms with Crippen LogP contribution < -0.4 is 14.4 Å². The molecule has 1 amide bonds. The summed E-state index contributed by atoms with van der Waals surface area (Å²) in [5, 5.41) is 11.7. The van der Waals surface area contributed by atoms with Crippen LogP contribution in [0.2, 0.25) is 10.0 Å². The molecule has 3 aromatic rings. The summed E-state index contributed by atoms with van der Waals surface area (Å²) in [7, 11) is 1.42. The summed E-state index contributed by atoms with van der Waals surface area (Å²) < 4.78 is 10.9. The fourth-order valence-corrected chi connectivity index (χ4v) is 5.06. The predicted molar refractivity (Wildman–Crippen MR) is 146 cm³/mol. The fraction of sp³-hybridized carbons (Fsp3) is 0.241. The number of halogens is 2. The molecule has 1 saturated heterocycles. The number of anilines is 1. The maximum Gasteiger partial charge on any atom is 0.300 e. The van der Waals surface area contributed by atoms with Crippen molar-refractivity contribution >= 4 is 46.3 Å². The predicted octanol–water partition coefficient (Wildman–Crippen LogP) is 7.15. The molecule has 1 heterocycles. The monoisotopic (exact) mass is 539 g/mol. The molecule has 0 spiro atoms. The normalized spacial score (nSPS) is 16.9. The van der Waals surface area contributed by atoms with Gasteiger partial charge in [-0.25, -0.2) is 0 Å². The molecule has 6 nitrogen and oxygen atoms in total. The summed E-state index contributed by atoms with van der Waals surface area (Å²) in [4.78, 5) is 28.3. The van der Waals surface area contributed by atoms with Gasteiger partial charge in [-0.2, -0.15) is 0 Å². The van der Waals surface area contributed by atoms with Gasteiger partial charge in [-0.05, 0) is 60.4 Å². The maximum absolute atomic E-state index is 13.4. The number of aliphatic hydroxyl groups is 1. The van der Waals surface area contributed by atoms with Gasteiger partial charge in [0.2, 0.25) is 0 Å². The number of nitrogens with zero attached hydrogens (tertiary/aromatic N) is 1. The molecule has 0 bridgehead atoms. The molecule has 3 aromatic carbocycles. The number of rotatable bonds is 7. The van der Waals surface area contributed by atoms with Crippen LogP contribution in [0.5, 0.6) is 11.5 Å². The standard InChI is InChI=1S/C29H27Cl2NO5/c1-5-37-21-8-6-7-18(13-21)25-24(26(33)19-14-22(30)28(36-4)23(31)15-19)27(34)29(35)32(25)20-11-9-17(10-12-20)16(2)3/h6-16,25,33H,5H2,1-4H3/b26-24+. The number of carbonyl (C=O) groups excluding carboxylic acids is 2. The number of ether oxygens (including phenoxy) is 2. The molecule has 0 saturated carbocycles. The number of carbonyl (C=O) groups is 2. The molecular weight excluding hydrogens is 513 g/mol. The lowest BCUT2D eigenvalue weighted by Gasteiger charge is -2.26. The molecule has 1 fully saturated rings. The Labute approximate surface area is 226 Å². The lowest BCUT2D eigenvalue weighted by molar-refractivity contribution is -0.132. The fourth-order valence-electron chi connectivity index (χ4n) is 4.42. The van der Waals surface area contributed by atoms with Crippen molar-refractivity contribution in [1.29, 1.82) is 0 Å². The first-order chi connectivity index (χ1) is 17.7. The molecule has 192 valence electrons. The molecule has 1 aliphatic rings. The van der Waals surface area contributed by atoms with Crippen molar-refractivity contribution in [2.75, 3.05) is 18.6 Å². The van der Waals surface area contributed by atoms with Gasteiger partial charge in [0.15, 0.2) is 5.75 Å². The summed E-state index contributed by atoms with van der Waals surface area (Å²) in [6.07, 6.45) is 0. The molecule has 0 aliphatic carbocycles. The average molecular weight is 540 g/mol. The van der Waals surface area contributed by atoms with E-state index in [2.05, 4.69) is 13.8 Å². The van der Waals surface area contributed by atoms with Gasteiger partial charge in [0, 0.05) is 11.3 Å². The van der Waals surface area contributed by atoms with Gasteiger partial charge in [0.1, 0.15) is 11.5 Å². The molecule has 1 atom stereocenters. The second kappa shape index (κ2) is 10.9. The van der Waals surface area contributed by atoms with Gasteiger partial charge in [-0.15, -0.1) is 0 Å². The number of hydrogen-bond acceptors (Lipinski definition) is 5. The zero-order valence-corrected chi connectivity index (χ0v) is 22.4. The molecule has 0 aromatic heterocycles. The van der Waals surface area contributed by atoms with Crippen LogP contribution in [0.3, 0.4) is 0 Å². The Morgan fingerprint density at radius 2 is 1.68 bits per heavy atom. The third kappa shape index (κ3) is 5.04. The number of aliphatic hydroxyl groups excluding tert-OH is 1. The van der Waals surface area contributed by atoms with E-state index in [1.54, 1.807) is 36.4 Å². The number of ketones is 1. The van der Waals surface area contributed by atoms with Crippen molar-refractivity contribution in [2.45, 2.75) is 32.7 Å². The molecule has 8 heteroatoms. The van der Waals surface area contributed by atoms with Crippen LogP contribution in [0, 0.1) is 0 Å². The quantitative estimate of drug-likeness (QED) is 0.196. The van der Waals surface area contributed by atoms with E-state index in [0.29, 0.717) is 29.5 Å². The minimum atomic E-state index is -0.912. The van der Waals surface area contributed by atoms with E-state index >= 15 is 0 Å². The lowest BCUT2D eigenvalue weighted by atomic mass is 9.94. The summed E-state index contributed by atoms with van der Waals surface area (Å²) >= 11 is 12.6. The Kier molecular flexibility index (Phi) is 7.81. The number of hydrogen-bond donors (Lipinski definition) is 1. The Morgan fingerprint density at radius 1 is 1.03 bits per heavy atom. The van der Waals surface area contributed by atoms with Crippen LogP contribution in [0.1, 0.15) is 49.4 Å². The van der Waals surface area contributed by atoms with Crippen LogP contribution in [-0.2, 0) is 9.59 Å². The van der Waals surface area contributed by atoms with Crippen molar-refractivity contribution in [1.82, 2.24) is 0 Å². The highest BCUT2D eigenvalue weighted by Crippen LogP contribution is 2.44. The van der Waals surface area contributed by atoms with Gasteiger partial charge in [-0.3, -0.25) is 14.5 Å². The molecule has 37 heavy (non-hydrogen) atoms. The lowest BCUT2D eigenvalue weighted by Crippen LogP contribution is -2.29. The minimum absolute atomic E-state index is 0.0797. The number of methoxy groups -OCH3 is 1. The van der Waals surface area contributed by atoms with Crippen LogP contribution in [0.25, 0.3) is 5.76 Å². The third-order valence-electron chi connectivity index (χ3n) is 6.24. The van der Waals surface area contributed by atoms with Crippen molar-refractivity contribution in [3.8, 4) is 11.5 Å². The zero-order chi connectivity index (χ0) is 26.9. The SMILES string of the molecule is CCOc1cccc(C2/C(=C(\O)c3cc(Cl)c(OC)c(Cl)c3)C(=O)C(=O)N2c2ccc(C(C)C)cc2)c1. The van der Waals surface area contributed by atoms with E-state index in [1.807, 2.05) is 19.1 Å². The highest BCUT2D eigenvalue weighted by Gasteiger charge is 2.47. The van der Waals surface area contributed by atoms with Gasteiger partial charge in [0.25, 0.3) is 11.7 Å². The van der Waals surface area contributed by atoms with Crippen LogP contribution in [0.4, 0.5) is 5.69 Å². The van der Waals surface area contributed by atoms with Crippen LogP contribution in [-0.4, -0.2) is 30.5 Å². The van der Waals surface area contributed by atoms with Crippen LogP contribution >= 0.6 is 23.2 Å². The molecular formula is C29H27Cl2NO5. The second-order valence-electron chi connectivity index (χ2n) is 8.89. The van der Waals surface area contributed by atoms with Crippen molar-refractivity contribution < 1.29 is 24.2 Å². The van der Waals surface area contributed by atoms with E-state index in [1.165, 1.54) is 24.1 Å². The second-order valence-corrected chi connectivity index (χ2v) is 9.71. The Hall–Kier alpha value is -3.48. The zero-order valence-electron chi connectivity index (χ0n) is 20.9. The highest BCUT2D eigenvalue weighted by atomic mass is 35.5. The summed E-state index contributed by atoms with van der Waals surface area (Å²) in [5.41, 5.74) is 2.34. The molecule has 1 N–H and O–H groups in total. The van der Waals surface area contributed by atoms with E-state index in [9.17, 15) is 14.7 Å². The first kappa shape index (κ1) is 26.6. The van der Waals surface area contributed by atoms with Crippen molar-refractivity contribution in [3.63, 3.8) is 0 Å². The van der Waals surface area contributed by atoms with Gasteiger partial charge >= 0.3 is 0 Å². The van der Waals surface area contributed by atoms with E-state index < -0.39 is 23.5 Å². The summed E-state index contributed by atoms with van der Waals surface area (Å²) in [6, 6.07) is 16.6. The molecule has 0 radical (unpaired) electrons. The first-order valence-electron chi connectivity index (χ1n) is 11.8. The Balaban J connectivity index is 1.94. The average Bonchev–Trinajstić information content (AvgIpc) is 3.14. The smallest absolute Gasteiger partial charge is 0.300 e. The van der Waals surface area contributed by atoms with E-state index in [4.69, 9.17) is 32.7 Å². The summed E-state index contributed by atoms with van der Waals surface area (Å²) in [6.45, 7) is 6.46.